The van der Waals surface area contributed by atoms with E-state index in [-0.39, 0.29) is 12.2 Å². The monoisotopic (exact) mass is 289 g/mol. The Balaban J connectivity index is 1.74. The van der Waals surface area contributed by atoms with Gasteiger partial charge in [-0.1, -0.05) is 0 Å². The molecule has 110 valence electrons. The molecule has 0 aliphatic carbocycles. The molecule has 2 heterocycles. The molecule has 0 N–H and O–H groups in total. The van der Waals surface area contributed by atoms with Gasteiger partial charge in [-0.05, 0) is 31.0 Å². The molecule has 0 aromatic heterocycles. The summed E-state index contributed by atoms with van der Waals surface area (Å²) >= 11 is 0. The van der Waals surface area contributed by atoms with Crippen LogP contribution in [0.2, 0.25) is 0 Å². The minimum Gasteiger partial charge on any atom is -0.447 e. The lowest BCUT2D eigenvalue weighted by atomic mass is 10.2. The fourth-order valence-corrected chi connectivity index (χ4v) is 2.41. The van der Waals surface area contributed by atoms with Crippen molar-refractivity contribution in [3.8, 4) is 0 Å². The number of rotatable bonds is 4. The second kappa shape index (κ2) is 5.43. The topological polar surface area (TPSA) is 71.4 Å². The van der Waals surface area contributed by atoms with Crippen LogP contribution in [-0.4, -0.2) is 51.2 Å². The molecule has 1 aromatic rings. The Bertz CT molecular complexity index is 572. The van der Waals surface area contributed by atoms with Gasteiger partial charge < -0.3 is 9.47 Å². The van der Waals surface area contributed by atoms with E-state index in [0.29, 0.717) is 26.2 Å². The molecular weight excluding hydrogens is 274 g/mol. The fraction of sp³-hybridized carbons (Fsp3) is 0.357. The average Bonchev–Trinajstić information content (AvgIpc) is 3.06. The van der Waals surface area contributed by atoms with Crippen molar-refractivity contribution in [2.75, 3.05) is 36.0 Å². The van der Waals surface area contributed by atoms with Crippen molar-refractivity contribution in [1.29, 1.82) is 0 Å². The van der Waals surface area contributed by atoms with E-state index in [4.69, 9.17) is 9.47 Å². The zero-order valence-electron chi connectivity index (χ0n) is 11.4. The molecule has 21 heavy (non-hydrogen) atoms. The molecule has 2 fully saturated rings. The lowest BCUT2D eigenvalue weighted by Gasteiger charge is -2.16. The third kappa shape index (κ3) is 2.54. The molecule has 0 unspecified atom stereocenters. The van der Waals surface area contributed by atoms with Crippen molar-refractivity contribution in [1.82, 2.24) is 0 Å². The summed E-state index contributed by atoms with van der Waals surface area (Å²) in [6.45, 7) is 5.17. The summed E-state index contributed by atoms with van der Waals surface area (Å²) in [5.74, 6) is 0. The molecule has 2 saturated heterocycles. The van der Waals surface area contributed by atoms with Crippen LogP contribution in [0.3, 0.4) is 0 Å². The smallest absolute Gasteiger partial charge is 0.414 e. The summed E-state index contributed by atoms with van der Waals surface area (Å²) in [5, 5.41) is 0. The van der Waals surface area contributed by atoms with Gasteiger partial charge in [0.05, 0.1) is 19.6 Å². The van der Waals surface area contributed by atoms with Gasteiger partial charge >= 0.3 is 12.2 Å². The van der Waals surface area contributed by atoms with Crippen LogP contribution in [0.4, 0.5) is 21.0 Å². The Morgan fingerprint density at radius 1 is 1.14 bits per heavy atom. The van der Waals surface area contributed by atoms with E-state index >= 15 is 0 Å². The first-order valence-corrected chi connectivity index (χ1v) is 6.64. The Kier molecular flexibility index (Phi) is 3.47. The lowest BCUT2D eigenvalue weighted by Crippen LogP contribution is -2.26. The molecule has 7 nitrogen and oxygen atoms in total. The number of nitrogens with zero attached hydrogens (tertiary/aromatic N) is 3. The van der Waals surface area contributed by atoms with Crippen molar-refractivity contribution in [3.63, 3.8) is 0 Å². The number of anilines is 2. The highest BCUT2D eigenvalue weighted by molar-refractivity contribution is 5.92. The molecule has 7 heteroatoms. The zero-order valence-corrected chi connectivity index (χ0v) is 11.4. The molecule has 1 atom stereocenters. The third-order valence-corrected chi connectivity index (χ3v) is 3.44. The fourth-order valence-electron chi connectivity index (χ4n) is 2.41. The van der Waals surface area contributed by atoms with Crippen LogP contribution in [0.5, 0.6) is 0 Å². The number of cyclic esters (lactones) is 2. The highest BCUT2D eigenvalue weighted by atomic mass is 16.6. The van der Waals surface area contributed by atoms with Gasteiger partial charge in [-0.2, -0.15) is 0 Å². The van der Waals surface area contributed by atoms with Crippen molar-refractivity contribution >= 4 is 30.3 Å². The minimum absolute atomic E-state index is 0.261. The van der Waals surface area contributed by atoms with Crippen molar-refractivity contribution in [2.24, 2.45) is 4.99 Å². The maximum absolute atomic E-state index is 11.8. The van der Waals surface area contributed by atoms with E-state index in [1.807, 2.05) is 0 Å². The number of amides is 2. The minimum atomic E-state index is -0.392. The quantitative estimate of drug-likeness (QED) is 0.790. The molecule has 0 radical (unpaired) electrons. The van der Waals surface area contributed by atoms with E-state index in [1.165, 1.54) is 0 Å². The average molecular weight is 289 g/mol. The normalized spacial score (nSPS) is 21.4. The molecule has 0 spiro atoms. The van der Waals surface area contributed by atoms with Gasteiger partial charge in [0.15, 0.2) is 0 Å². The summed E-state index contributed by atoms with van der Waals surface area (Å²) in [4.78, 5) is 30.1. The van der Waals surface area contributed by atoms with Crippen LogP contribution in [0.25, 0.3) is 0 Å². The lowest BCUT2D eigenvalue weighted by molar-refractivity contribution is 0.145. The number of aliphatic imine (C=N–C) groups is 1. The highest BCUT2D eigenvalue weighted by Gasteiger charge is 2.32. The summed E-state index contributed by atoms with van der Waals surface area (Å²) in [7, 11) is 0. The number of hydrogen-bond donors (Lipinski definition) is 0. The van der Waals surface area contributed by atoms with Gasteiger partial charge in [0.2, 0.25) is 0 Å². The predicted octanol–water partition coefficient (Wildman–Crippen LogP) is 1.67. The van der Waals surface area contributed by atoms with Crippen LogP contribution in [0.15, 0.2) is 29.3 Å². The summed E-state index contributed by atoms with van der Waals surface area (Å²) in [5.41, 5.74) is 1.47. The first-order chi connectivity index (χ1) is 10.2. The molecule has 1 aromatic carbocycles. The molecule has 3 rings (SSSR count). The van der Waals surface area contributed by atoms with Gasteiger partial charge in [-0.3, -0.25) is 14.8 Å². The molecule has 0 saturated carbocycles. The van der Waals surface area contributed by atoms with Gasteiger partial charge in [0.1, 0.15) is 12.7 Å². The van der Waals surface area contributed by atoms with Gasteiger partial charge in [0.25, 0.3) is 0 Å². The van der Waals surface area contributed by atoms with Gasteiger partial charge in [0, 0.05) is 11.4 Å². The highest BCUT2D eigenvalue weighted by Crippen LogP contribution is 2.26. The van der Waals surface area contributed by atoms with Crippen molar-refractivity contribution in [3.05, 3.63) is 24.3 Å². The first-order valence-electron chi connectivity index (χ1n) is 6.64. The second-order valence-corrected chi connectivity index (χ2v) is 4.80. The van der Waals surface area contributed by atoms with Gasteiger partial charge in [-0.15, -0.1) is 0 Å². The Morgan fingerprint density at radius 3 is 2.38 bits per heavy atom. The van der Waals surface area contributed by atoms with Crippen LogP contribution >= 0.6 is 0 Å². The summed E-state index contributed by atoms with van der Waals surface area (Å²) in [6.07, 6.45) is -0.999. The molecule has 2 aliphatic heterocycles. The van der Waals surface area contributed by atoms with E-state index < -0.39 is 6.09 Å². The summed E-state index contributed by atoms with van der Waals surface area (Å²) < 4.78 is 10.1. The number of carbonyl (C=O) groups is 2. The van der Waals surface area contributed by atoms with Crippen LogP contribution in [0, 0.1) is 0 Å². The molecule has 2 amide bonds. The number of benzene rings is 1. The Morgan fingerprint density at radius 2 is 1.81 bits per heavy atom. The maximum Gasteiger partial charge on any atom is 0.414 e. The number of ether oxygens (including phenoxy) is 2. The number of hydrogen-bond acceptors (Lipinski definition) is 5. The summed E-state index contributed by atoms with van der Waals surface area (Å²) in [6, 6.07) is 7.14. The first kappa shape index (κ1) is 13.4. The van der Waals surface area contributed by atoms with E-state index in [9.17, 15) is 9.59 Å². The zero-order chi connectivity index (χ0) is 14.8. The van der Waals surface area contributed by atoms with Crippen molar-refractivity contribution < 1.29 is 19.1 Å². The van der Waals surface area contributed by atoms with Crippen LogP contribution in [0.1, 0.15) is 0 Å². The van der Waals surface area contributed by atoms with Crippen LogP contribution in [-0.2, 0) is 9.47 Å². The third-order valence-electron chi connectivity index (χ3n) is 3.44. The number of carbonyl (C=O) groups excluding carboxylic acids is 2. The predicted molar refractivity (Wildman–Crippen MR) is 77.2 cm³/mol. The van der Waals surface area contributed by atoms with Crippen molar-refractivity contribution in [2.45, 2.75) is 6.10 Å². The van der Waals surface area contributed by atoms with E-state index in [1.54, 1.807) is 34.1 Å². The molecular formula is C14H15N3O4. The largest absolute Gasteiger partial charge is 0.447 e. The second-order valence-electron chi connectivity index (χ2n) is 4.80. The Labute approximate surface area is 121 Å². The molecule has 0 bridgehead atoms. The Hall–Kier alpha value is -2.57. The maximum atomic E-state index is 11.8. The van der Waals surface area contributed by atoms with E-state index in [2.05, 4.69) is 11.7 Å². The SMILES string of the molecule is C=NC[C@H]1CN(c2ccc(N3CCOC3=O)cc2)C(=O)O1. The van der Waals surface area contributed by atoms with Crippen LogP contribution < -0.4 is 9.80 Å². The molecule has 2 aliphatic rings. The van der Waals surface area contributed by atoms with E-state index in [0.717, 1.165) is 11.4 Å². The standard InChI is InChI=1S/C14H15N3O4/c1-15-8-12-9-17(14(19)21-12)11-4-2-10(3-5-11)16-6-7-20-13(16)18/h2-5,12H,1,6-9H2/t12-/m0/s1. The van der Waals surface area contributed by atoms with Gasteiger partial charge in [-0.25, -0.2) is 9.59 Å².